The molecule has 104 valence electrons. The highest BCUT2D eigenvalue weighted by Gasteiger charge is 2.30. The lowest BCUT2D eigenvalue weighted by molar-refractivity contribution is -0.138. The largest absolute Gasteiger partial charge is 0.340 e. The molecule has 2 saturated heterocycles. The van der Waals surface area contributed by atoms with Crippen LogP contribution in [0, 0.1) is 5.92 Å². The molecule has 2 heterocycles. The van der Waals surface area contributed by atoms with Gasteiger partial charge in [0.2, 0.25) is 5.91 Å². The predicted octanol–water partition coefficient (Wildman–Crippen LogP) is 1.60. The van der Waals surface area contributed by atoms with Crippen molar-refractivity contribution in [1.82, 2.24) is 12.9 Å². The van der Waals surface area contributed by atoms with Crippen molar-refractivity contribution >= 4 is 28.8 Å². The fraction of sp³-hybridized carbons (Fsp3) is 0.923. The second kappa shape index (κ2) is 6.52. The molecule has 0 atom stereocenters. The van der Waals surface area contributed by atoms with E-state index in [0.29, 0.717) is 11.9 Å². The summed E-state index contributed by atoms with van der Waals surface area (Å²) >= 11 is 2.36. The molecule has 0 radical (unpaired) electrons. The van der Waals surface area contributed by atoms with Crippen molar-refractivity contribution in [3.05, 3.63) is 0 Å². The van der Waals surface area contributed by atoms with E-state index in [1.54, 1.807) is 0 Å². The fourth-order valence-electron chi connectivity index (χ4n) is 2.81. The van der Waals surface area contributed by atoms with Crippen LogP contribution < -0.4 is 0 Å². The number of amides is 1. The third-order valence-corrected chi connectivity index (χ3v) is 5.11. The van der Waals surface area contributed by atoms with Crippen molar-refractivity contribution in [1.29, 1.82) is 0 Å². The zero-order chi connectivity index (χ0) is 13.1. The molecule has 0 aromatic carbocycles. The number of halogens is 1. The van der Waals surface area contributed by atoms with Crippen LogP contribution in [0.2, 0.25) is 0 Å². The number of piperazine rings is 1. The van der Waals surface area contributed by atoms with Gasteiger partial charge in [-0.15, -0.1) is 0 Å². The van der Waals surface area contributed by atoms with Crippen LogP contribution >= 0.6 is 22.9 Å². The zero-order valence-electron chi connectivity index (χ0n) is 11.4. The van der Waals surface area contributed by atoms with Crippen LogP contribution in [0.25, 0.3) is 0 Å². The van der Waals surface area contributed by atoms with Gasteiger partial charge >= 0.3 is 0 Å². The van der Waals surface area contributed by atoms with Gasteiger partial charge in [0.15, 0.2) is 0 Å². The Kier molecular flexibility index (Phi) is 5.26. The van der Waals surface area contributed by atoms with Crippen LogP contribution in [-0.2, 0) is 4.79 Å². The van der Waals surface area contributed by atoms with Gasteiger partial charge < -0.3 is 4.90 Å². The number of piperidine rings is 1. The molecule has 2 fully saturated rings. The zero-order valence-corrected chi connectivity index (χ0v) is 13.6. The molecule has 0 saturated carbocycles. The second-order valence-corrected chi connectivity index (χ2v) is 7.00. The van der Waals surface area contributed by atoms with E-state index >= 15 is 0 Å². The third kappa shape index (κ3) is 3.57. The summed E-state index contributed by atoms with van der Waals surface area (Å²) < 4.78 is 2.29. The molecule has 2 rings (SSSR count). The average molecular weight is 365 g/mol. The smallest absolute Gasteiger partial charge is 0.225 e. The highest BCUT2D eigenvalue weighted by Crippen LogP contribution is 2.22. The van der Waals surface area contributed by atoms with E-state index in [9.17, 15) is 4.79 Å². The van der Waals surface area contributed by atoms with Gasteiger partial charge in [0, 0.05) is 74.1 Å². The van der Waals surface area contributed by atoms with Gasteiger partial charge in [0.1, 0.15) is 0 Å². The minimum Gasteiger partial charge on any atom is -0.340 e. The van der Waals surface area contributed by atoms with Gasteiger partial charge in [-0.2, -0.15) is 0 Å². The predicted molar refractivity (Wildman–Crippen MR) is 81.6 cm³/mol. The molecule has 0 spiro atoms. The van der Waals surface area contributed by atoms with Crippen LogP contribution in [-0.4, -0.2) is 64.1 Å². The minimum absolute atomic E-state index is 0.279. The van der Waals surface area contributed by atoms with E-state index < -0.39 is 0 Å². The highest BCUT2D eigenvalue weighted by molar-refractivity contribution is 14.1. The lowest BCUT2D eigenvalue weighted by Gasteiger charge is -2.39. The van der Waals surface area contributed by atoms with Crippen molar-refractivity contribution in [2.75, 3.05) is 39.3 Å². The summed E-state index contributed by atoms with van der Waals surface area (Å²) in [5.74, 6) is 0.685. The molecular weight excluding hydrogens is 341 g/mol. The molecule has 0 N–H and O–H groups in total. The van der Waals surface area contributed by atoms with Crippen LogP contribution in [0.4, 0.5) is 0 Å². The monoisotopic (exact) mass is 365 g/mol. The number of hydrogen-bond acceptors (Lipinski definition) is 3. The van der Waals surface area contributed by atoms with Crippen LogP contribution in [0.1, 0.15) is 26.7 Å². The SMILES string of the molecule is CC(C)N1CCN(C(=O)C2CCN(I)CC2)CC1. The van der Waals surface area contributed by atoms with E-state index in [1.807, 2.05) is 0 Å². The molecule has 5 heteroatoms. The lowest BCUT2D eigenvalue weighted by atomic mass is 9.96. The van der Waals surface area contributed by atoms with Crippen molar-refractivity contribution < 1.29 is 4.79 Å². The Bertz CT molecular complexity index is 282. The number of nitrogens with zero attached hydrogens (tertiary/aromatic N) is 3. The van der Waals surface area contributed by atoms with E-state index in [-0.39, 0.29) is 5.92 Å². The third-order valence-electron chi connectivity index (χ3n) is 4.15. The summed E-state index contributed by atoms with van der Waals surface area (Å²) in [5, 5.41) is 0. The maximum absolute atomic E-state index is 12.4. The molecule has 0 aliphatic carbocycles. The first-order valence-corrected chi connectivity index (χ1v) is 7.98. The first-order chi connectivity index (χ1) is 8.58. The van der Waals surface area contributed by atoms with Gasteiger partial charge in [-0.1, -0.05) is 0 Å². The maximum atomic E-state index is 12.4. The Hall–Kier alpha value is 0.120. The maximum Gasteiger partial charge on any atom is 0.225 e. The summed E-state index contributed by atoms with van der Waals surface area (Å²) in [6.07, 6.45) is 2.07. The molecule has 1 amide bonds. The van der Waals surface area contributed by atoms with Crippen molar-refractivity contribution in [2.45, 2.75) is 32.7 Å². The summed E-state index contributed by atoms with van der Waals surface area (Å²) in [7, 11) is 0. The Labute approximate surface area is 124 Å². The van der Waals surface area contributed by atoms with Crippen molar-refractivity contribution in [3.63, 3.8) is 0 Å². The highest BCUT2D eigenvalue weighted by atomic mass is 127. The molecule has 0 aromatic rings. The summed E-state index contributed by atoms with van der Waals surface area (Å²) in [5.41, 5.74) is 0. The molecular formula is C13H24IN3O. The minimum atomic E-state index is 0.279. The normalized spacial score (nSPS) is 24.8. The Morgan fingerprint density at radius 3 is 2.11 bits per heavy atom. The summed E-state index contributed by atoms with van der Waals surface area (Å²) in [6.45, 7) is 10.5. The lowest BCUT2D eigenvalue weighted by Crippen LogP contribution is -2.52. The second-order valence-electron chi connectivity index (χ2n) is 5.64. The van der Waals surface area contributed by atoms with Gasteiger partial charge in [-0.3, -0.25) is 9.69 Å². The van der Waals surface area contributed by atoms with E-state index in [1.165, 1.54) is 0 Å². The van der Waals surface area contributed by atoms with Gasteiger partial charge in [0.25, 0.3) is 0 Å². The first kappa shape index (κ1) is 14.5. The van der Waals surface area contributed by atoms with Crippen LogP contribution in [0.15, 0.2) is 0 Å². The van der Waals surface area contributed by atoms with Crippen LogP contribution in [0.5, 0.6) is 0 Å². The molecule has 2 aliphatic heterocycles. The topological polar surface area (TPSA) is 26.8 Å². The Balaban J connectivity index is 1.80. The molecule has 0 unspecified atom stereocenters. The molecule has 0 aromatic heterocycles. The quantitative estimate of drug-likeness (QED) is 0.550. The van der Waals surface area contributed by atoms with Gasteiger partial charge in [-0.05, 0) is 26.7 Å². The molecule has 4 nitrogen and oxygen atoms in total. The van der Waals surface area contributed by atoms with E-state index in [4.69, 9.17) is 0 Å². The van der Waals surface area contributed by atoms with Crippen molar-refractivity contribution in [3.8, 4) is 0 Å². The standard InChI is InChI=1S/C13H24IN3O/c1-11(2)15-7-9-16(10-8-15)13(18)12-3-5-17(14)6-4-12/h11-12H,3-10H2,1-2H3. The molecule has 18 heavy (non-hydrogen) atoms. The van der Waals surface area contributed by atoms with Crippen molar-refractivity contribution in [2.24, 2.45) is 5.92 Å². The molecule has 2 aliphatic rings. The molecule has 0 bridgehead atoms. The summed E-state index contributed by atoms with van der Waals surface area (Å²) in [4.78, 5) is 17.0. The first-order valence-electron chi connectivity index (χ1n) is 7.01. The number of hydrogen-bond donors (Lipinski definition) is 0. The van der Waals surface area contributed by atoms with Gasteiger partial charge in [0.05, 0.1) is 0 Å². The number of carbonyl (C=O) groups excluding carboxylic acids is 1. The number of rotatable bonds is 2. The summed E-state index contributed by atoms with van der Waals surface area (Å²) in [6, 6.07) is 0.601. The van der Waals surface area contributed by atoms with E-state index in [2.05, 4.69) is 49.6 Å². The van der Waals surface area contributed by atoms with E-state index in [0.717, 1.165) is 52.1 Å². The Morgan fingerprint density at radius 2 is 1.61 bits per heavy atom. The average Bonchev–Trinajstić information content (AvgIpc) is 2.39. The van der Waals surface area contributed by atoms with Crippen LogP contribution in [0.3, 0.4) is 0 Å². The Morgan fingerprint density at radius 1 is 1.06 bits per heavy atom. The van der Waals surface area contributed by atoms with Gasteiger partial charge in [-0.25, -0.2) is 3.11 Å². The fourth-order valence-corrected chi connectivity index (χ4v) is 3.37. The number of carbonyl (C=O) groups is 1.